The molecule has 1 unspecified atom stereocenters. The van der Waals surface area contributed by atoms with E-state index in [4.69, 9.17) is 4.74 Å². The number of aromatic nitrogens is 2. The van der Waals surface area contributed by atoms with Gasteiger partial charge in [0.25, 0.3) is 0 Å². The van der Waals surface area contributed by atoms with Crippen LogP contribution in [-0.4, -0.2) is 47.5 Å². The predicted octanol–water partition coefficient (Wildman–Crippen LogP) is 1.55. The highest BCUT2D eigenvalue weighted by atomic mass is 35.5. The maximum Gasteiger partial charge on any atom is 0.316 e. The highest BCUT2D eigenvalue weighted by Crippen LogP contribution is 2.26. The first kappa shape index (κ1) is 19.1. The summed E-state index contributed by atoms with van der Waals surface area (Å²) in [6.07, 6.45) is 1.90. The van der Waals surface area contributed by atoms with Gasteiger partial charge >= 0.3 is 5.97 Å². The normalized spacial score (nSPS) is 17.4. The van der Waals surface area contributed by atoms with Crippen LogP contribution in [0.1, 0.15) is 19.8 Å². The van der Waals surface area contributed by atoms with Crippen molar-refractivity contribution in [3.05, 3.63) is 0 Å². The highest BCUT2D eigenvalue weighted by molar-refractivity contribution is 8.01. The van der Waals surface area contributed by atoms with Crippen LogP contribution in [0.15, 0.2) is 4.34 Å². The van der Waals surface area contributed by atoms with Gasteiger partial charge in [0.1, 0.15) is 0 Å². The minimum atomic E-state index is -0.281. The van der Waals surface area contributed by atoms with E-state index in [2.05, 4.69) is 20.8 Å². The summed E-state index contributed by atoms with van der Waals surface area (Å²) in [5.74, 6) is -0.127. The number of amides is 1. The van der Waals surface area contributed by atoms with Gasteiger partial charge < -0.3 is 15.4 Å². The molecule has 2 N–H and O–H groups in total. The Morgan fingerprint density at radius 1 is 1.50 bits per heavy atom. The van der Waals surface area contributed by atoms with Crippen molar-refractivity contribution in [3.8, 4) is 0 Å². The summed E-state index contributed by atoms with van der Waals surface area (Å²) in [5, 5.41) is 14.3. The van der Waals surface area contributed by atoms with Gasteiger partial charge in [-0.2, -0.15) is 0 Å². The number of carbonyl (C=O) groups is 2. The zero-order valence-electron chi connectivity index (χ0n) is 12.2. The fourth-order valence-corrected chi connectivity index (χ4v) is 3.48. The molecule has 1 aliphatic heterocycles. The molecule has 22 heavy (non-hydrogen) atoms. The highest BCUT2D eigenvalue weighted by Gasteiger charge is 2.22. The lowest BCUT2D eigenvalue weighted by molar-refractivity contribution is -0.139. The van der Waals surface area contributed by atoms with E-state index in [9.17, 15) is 9.59 Å². The van der Waals surface area contributed by atoms with E-state index >= 15 is 0 Å². The zero-order chi connectivity index (χ0) is 15.1. The second-order valence-corrected chi connectivity index (χ2v) is 6.70. The molecule has 1 amide bonds. The van der Waals surface area contributed by atoms with Crippen LogP contribution in [0.25, 0.3) is 0 Å². The number of nitrogens with one attached hydrogen (secondary N) is 2. The lowest BCUT2D eigenvalue weighted by Gasteiger charge is -2.20. The van der Waals surface area contributed by atoms with E-state index in [1.54, 1.807) is 6.92 Å². The maximum absolute atomic E-state index is 12.0. The Morgan fingerprint density at radius 2 is 2.32 bits per heavy atom. The van der Waals surface area contributed by atoms with Crippen LogP contribution in [0.3, 0.4) is 0 Å². The Bertz CT molecular complexity index is 494. The first-order chi connectivity index (χ1) is 10.2. The molecule has 0 radical (unpaired) electrons. The number of thioether (sulfide) groups is 1. The van der Waals surface area contributed by atoms with Crippen LogP contribution in [0, 0.1) is 5.92 Å². The first-order valence-corrected chi connectivity index (χ1v) is 8.62. The number of halogens is 1. The molecule has 1 fully saturated rings. The molecule has 1 saturated heterocycles. The second-order valence-electron chi connectivity index (χ2n) is 4.50. The molecule has 1 aromatic heterocycles. The van der Waals surface area contributed by atoms with Crippen molar-refractivity contribution >= 4 is 52.5 Å². The molecule has 124 valence electrons. The van der Waals surface area contributed by atoms with Gasteiger partial charge in [-0.3, -0.25) is 9.59 Å². The largest absolute Gasteiger partial charge is 0.465 e. The van der Waals surface area contributed by atoms with Gasteiger partial charge in [-0.05, 0) is 26.3 Å². The van der Waals surface area contributed by atoms with Crippen molar-refractivity contribution in [1.82, 2.24) is 15.5 Å². The third-order valence-electron chi connectivity index (χ3n) is 2.92. The summed E-state index contributed by atoms with van der Waals surface area (Å²) in [5.41, 5.74) is 0. The van der Waals surface area contributed by atoms with E-state index < -0.39 is 0 Å². The topological polar surface area (TPSA) is 93.2 Å². The SMILES string of the molecule is CCOC(=O)CSc1nnc(NC(=O)C2CCCNC2)s1.Cl. The Hall–Kier alpha value is -0.900. The van der Waals surface area contributed by atoms with Crippen LogP contribution in [0.2, 0.25) is 0 Å². The second kappa shape index (κ2) is 9.98. The van der Waals surface area contributed by atoms with Crippen molar-refractivity contribution in [3.63, 3.8) is 0 Å². The minimum absolute atomic E-state index is 0. The Labute approximate surface area is 143 Å². The van der Waals surface area contributed by atoms with Crippen LogP contribution in [-0.2, 0) is 14.3 Å². The molecule has 0 spiro atoms. The molecular formula is C12H19ClN4O3S2. The molecule has 1 atom stereocenters. The molecule has 10 heteroatoms. The third-order valence-corrected chi connectivity index (χ3v) is 4.87. The zero-order valence-corrected chi connectivity index (χ0v) is 14.6. The number of hydrogen-bond donors (Lipinski definition) is 2. The van der Waals surface area contributed by atoms with E-state index in [1.165, 1.54) is 23.1 Å². The van der Waals surface area contributed by atoms with Crippen molar-refractivity contribution in [2.75, 3.05) is 30.8 Å². The fraction of sp³-hybridized carbons (Fsp3) is 0.667. The number of esters is 1. The molecule has 0 aromatic carbocycles. The van der Waals surface area contributed by atoms with Crippen molar-refractivity contribution < 1.29 is 14.3 Å². The monoisotopic (exact) mass is 366 g/mol. The average molecular weight is 367 g/mol. The smallest absolute Gasteiger partial charge is 0.316 e. The lowest BCUT2D eigenvalue weighted by atomic mass is 9.99. The summed E-state index contributed by atoms with van der Waals surface area (Å²) >= 11 is 2.52. The van der Waals surface area contributed by atoms with Crippen molar-refractivity contribution in [1.29, 1.82) is 0 Å². The summed E-state index contributed by atoms with van der Waals surface area (Å²) in [6, 6.07) is 0. The van der Waals surface area contributed by atoms with Crippen LogP contribution < -0.4 is 10.6 Å². The Balaban J connectivity index is 0.00000242. The molecule has 0 saturated carbocycles. The van der Waals surface area contributed by atoms with Gasteiger partial charge in [0.05, 0.1) is 18.3 Å². The Kier molecular flexibility index (Phi) is 8.69. The van der Waals surface area contributed by atoms with E-state index in [-0.39, 0.29) is 36.0 Å². The molecule has 0 bridgehead atoms. The predicted molar refractivity (Wildman–Crippen MR) is 88.7 cm³/mol. The number of rotatable bonds is 6. The van der Waals surface area contributed by atoms with Gasteiger partial charge in [0.15, 0.2) is 4.34 Å². The van der Waals surface area contributed by atoms with Crippen LogP contribution in [0.5, 0.6) is 0 Å². The van der Waals surface area contributed by atoms with Crippen LogP contribution >= 0.6 is 35.5 Å². The number of ether oxygens (including phenoxy) is 1. The molecule has 2 heterocycles. The molecule has 2 rings (SSSR count). The van der Waals surface area contributed by atoms with Crippen molar-refractivity contribution in [2.45, 2.75) is 24.1 Å². The fourth-order valence-electron chi connectivity index (χ4n) is 1.92. The number of anilines is 1. The van der Waals surface area contributed by atoms with E-state index in [1.807, 2.05) is 0 Å². The van der Waals surface area contributed by atoms with Gasteiger partial charge in [-0.25, -0.2) is 0 Å². The number of carbonyl (C=O) groups excluding carboxylic acids is 2. The summed E-state index contributed by atoms with van der Waals surface area (Å²) in [4.78, 5) is 23.3. The quantitative estimate of drug-likeness (QED) is 0.448. The lowest BCUT2D eigenvalue weighted by Crippen LogP contribution is -2.37. The number of hydrogen-bond acceptors (Lipinski definition) is 8. The van der Waals surface area contributed by atoms with E-state index in [0.717, 1.165) is 19.4 Å². The maximum atomic E-state index is 12.0. The van der Waals surface area contributed by atoms with Crippen molar-refractivity contribution in [2.24, 2.45) is 5.92 Å². The first-order valence-electron chi connectivity index (χ1n) is 6.82. The van der Waals surface area contributed by atoms with Gasteiger partial charge in [-0.15, -0.1) is 22.6 Å². The Morgan fingerprint density at radius 3 is 3.00 bits per heavy atom. The molecule has 0 aliphatic carbocycles. The molecular weight excluding hydrogens is 348 g/mol. The third kappa shape index (κ3) is 6.07. The van der Waals surface area contributed by atoms with Gasteiger partial charge in [0.2, 0.25) is 11.0 Å². The minimum Gasteiger partial charge on any atom is -0.465 e. The molecule has 1 aliphatic rings. The number of piperidine rings is 1. The molecule has 7 nitrogen and oxygen atoms in total. The van der Waals surface area contributed by atoms with Crippen LogP contribution in [0.4, 0.5) is 5.13 Å². The van der Waals surface area contributed by atoms with Gasteiger partial charge in [0, 0.05) is 6.54 Å². The standard InChI is InChI=1S/C12H18N4O3S2.ClH/c1-2-19-9(17)7-20-12-16-15-11(21-12)14-10(18)8-4-3-5-13-6-8;/h8,13H,2-7H2,1H3,(H,14,15,18);1H. The average Bonchev–Trinajstić information content (AvgIpc) is 2.94. The summed E-state index contributed by atoms with van der Waals surface area (Å²) < 4.78 is 5.47. The van der Waals surface area contributed by atoms with E-state index in [0.29, 0.717) is 22.6 Å². The summed E-state index contributed by atoms with van der Waals surface area (Å²) in [6.45, 7) is 3.81. The molecule has 1 aromatic rings. The number of nitrogens with zero attached hydrogens (tertiary/aromatic N) is 2. The summed E-state index contributed by atoms with van der Waals surface area (Å²) in [7, 11) is 0. The van der Waals surface area contributed by atoms with Gasteiger partial charge in [-0.1, -0.05) is 23.1 Å².